The van der Waals surface area contributed by atoms with Crippen molar-refractivity contribution in [2.24, 2.45) is 0 Å². The molecule has 1 aromatic carbocycles. The molecular weight excluding hydrogens is 302 g/mol. The van der Waals surface area contributed by atoms with E-state index in [0.29, 0.717) is 23.8 Å². The van der Waals surface area contributed by atoms with Crippen molar-refractivity contribution in [2.75, 3.05) is 18.4 Å². The Hall–Kier alpha value is -1.59. The second-order valence-corrected chi connectivity index (χ2v) is 5.95. The van der Waals surface area contributed by atoms with E-state index in [1.54, 1.807) is 6.07 Å². The summed E-state index contributed by atoms with van der Waals surface area (Å²) in [4.78, 5) is 13.2. The zero-order chi connectivity index (χ0) is 16.1. The molecule has 1 aliphatic heterocycles. The van der Waals surface area contributed by atoms with Gasteiger partial charge in [-0.25, -0.2) is 0 Å². The van der Waals surface area contributed by atoms with Crippen LogP contribution < -0.4 is 5.32 Å². The van der Waals surface area contributed by atoms with Crippen LogP contribution in [-0.2, 0) is 6.54 Å². The summed E-state index contributed by atoms with van der Waals surface area (Å²) >= 11 is 6.28. The summed E-state index contributed by atoms with van der Waals surface area (Å²) in [6.45, 7) is 6.46. The summed E-state index contributed by atoms with van der Waals surface area (Å²) in [5, 5.41) is 15.0. The first kappa shape index (κ1) is 16.8. The number of benzene rings is 1. The molecule has 120 valence electrons. The molecule has 0 aromatic heterocycles. The molecular formula is C16H22ClN3O2. The van der Waals surface area contributed by atoms with Gasteiger partial charge in [-0.1, -0.05) is 30.7 Å². The van der Waals surface area contributed by atoms with Gasteiger partial charge in [-0.2, -0.15) is 0 Å². The number of anilines is 1. The highest BCUT2D eigenvalue weighted by Crippen LogP contribution is 2.36. The van der Waals surface area contributed by atoms with Crippen LogP contribution in [0.3, 0.4) is 0 Å². The summed E-state index contributed by atoms with van der Waals surface area (Å²) in [5.41, 5.74) is 1.48. The molecule has 0 spiro atoms. The average Bonchev–Trinajstić information content (AvgIpc) is 2.65. The number of fused-ring (bicyclic) bond motifs is 1. The van der Waals surface area contributed by atoms with Crippen molar-refractivity contribution < 1.29 is 4.92 Å². The van der Waals surface area contributed by atoms with Crippen molar-refractivity contribution in [3.63, 3.8) is 0 Å². The van der Waals surface area contributed by atoms with Gasteiger partial charge < -0.3 is 5.32 Å². The number of nitro benzene ring substituents is 1. The molecule has 0 unspecified atom stereocenters. The molecule has 0 radical (unpaired) electrons. The summed E-state index contributed by atoms with van der Waals surface area (Å²) in [6.07, 6.45) is 6.35. The van der Waals surface area contributed by atoms with Crippen molar-refractivity contribution in [1.82, 2.24) is 4.90 Å². The number of allylic oxidation sites excluding steroid dienone is 1. The molecule has 1 heterocycles. The Morgan fingerprint density at radius 3 is 2.95 bits per heavy atom. The first-order valence-corrected chi connectivity index (χ1v) is 8.01. The third kappa shape index (κ3) is 3.78. The third-order valence-electron chi connectivity index (χ3n) is 3.97. The smallest absolute Gasteiger partial charge is 0.292 e. The molecule has 1 aromatic rings. The van der Waals surface area contributed by atoms with Crippen LogP contribution in [0, 0.1) is 10.1 Å². The predicted molar refractivity (Wildman–Crippen MR) is 90.5 cm³/mol. The Morgan fingerprint density at radius 2 is 2.27 bits per heavy atom. The van der Waals surface area contributed by atoms with Gasteiger partial charge in [0.2, 0.25) is 0 Å². The molecule has 1 aliphatic rings. The average molecular weight is 324 g/mol. The second-order valence-electron chi connectivity index (χ2n) is 5.55. The Labute approximate surface area is 136 Å². The minimum Gasteiger partial charge on any atom is -0.378 e. The fourth-order valence-electron chi connectivity index (χ4n) is 2.68. The molecule has 0 saturated carbocycles. The highest BCUT2D eigenvalue weighted by molar-refractivity contribution is 6.32. The van der Waals surface area contributed by atoms with Crippen LogP contribution >= 0.6 is 11.6 Å². The lowest BCUT2D eigenvalue weighted by Gasteiger charge is -2.26. The monoisotopic (exact) mass is 323 g/mol. The van der Waals surface area contributed by atoms with Gasteiger partial charge >= 0.3 is 0 Å². The SMILES string of the molecule is CCC=CCCN1Cc2c(Cl)ccc([N+](=O)[O-])c2NC[C@@H]1C. The third-order valence-corrected chi connectivity index (χ3v) is 4.33. The van der Waals surface area contributed by atoms with E-state index in [0.717, 1.165) is 24.9 Å². The van der Waals surface area contributed by atoms with Crippen LogP contribution in [0.1, 0.15) is 32.3 Å². The van der Waals surface area contributed by atoms with Crippen LogP contribution in [0.2, 0.25) is 5.02 Å². The normalized spacial score (nSPS) is 18.8. The van der Waals surface area contributed by atoms with E-state index < -0.39 is 0 Å². The molecule has 5 nitrogen and oxygen atoms in total. The van der Waals surface area contributed by atoms with E-state index in [-0.39, 0.29) is 16.7 Å². The molecule has 22 heavy (non-hydrogen) atoms. The van der Waals surface area contributed by atoms with E-state index in [1.807, 2.05) is 0 Å². The molecule has 0 saturated heterocycles. The van der Waals surface area contributed by atoms with Gasteiger partial charge in [0.1, 0.15) is 5.69 Å². The van der Waals surface area contributed by atoms with E-state index >= 15 is 0 Å². The van der Waals surface area contributed by atoms with Gasteiger partial charge in [0, 0.05) is 42.3 Å². The topological polar surface area (TPSA) is 58.4 Å². The van der Waals surface area contributed by atoms with Gasteiger partial charge in [-0.3, -0.25) is 15.0 Å². The lowest BCUT2D eigenvalue weighted by atomic mass is 10.1. The zero-order valence-electron chi connectivity index (χ0n) is 13.0. The van der Waals surface area contributed by atoms with E-state index in [4.69, 9.17) is 11.6 Å². The first-order chi connectivity index (χ1) is 10.5. The number of rotatable bonds is 5. The van der Waals surface area contributed by atoms with E-state index in [1.165, 1.54) is 6.07 Å². The summed E-state index contributed by atoms with van der Waals surface area (Å²) in [5.74, 6) is 0. The maximum absolute atomic E-state index is 11.2. The Kier molecular flexibility index (Phi) is 5.80. The van der Waals surface area contributed by atoms with Crippen LogP contribution in [0.15, 0.2) is 24.3 Å². The van der Waals surface area contributed by atoms with Crippen LogP contribution in [0.4, 0.5) is 11.4 Å². The number of nitro groups is 1. The minimum atomic E-state index is -0.355. The number of hydrogen-bond acceptors (Lipinski definition) is 4. The number of nitrogens with zero attached hydrogens (tertiary/aromatic N) is 2. The van der Waals surface area contributed by atoms with Crippen molar-refractivity contribution in [1.29, 1.82) is 0 Å². The molecule has 1 N–H and O–H groups in total. The number of halogens is 1. The Morgan fingerprint density at radius 1 is 1.50 bits per heavy atom. The standard InChI is InChI=1S/C16H22ClN3O2/c1-3-4-5-6-9-19-11-13-14(17)7-8-15(20(21)22)16(13)18-10-12(19)2/h4-5,7-8,12,18H,3,6,9-11H2,1-2H3/t12-/m0/s1. The van der Waals surface area contributed by atoms with Crippen molar-refractivity contribution in [3.8, 4) is 0 Å². The lowest BCUT2D eigenvalue weighted by Crippen LogP contribution is -2.35. The quantitative estimate of drug-likeness (QED) is 0.500. The Bertz CT molecular complexity index is 575. The molecule has 6 heteroatoms. The molecule has 0 amide bonds. The fraction of sp³-hybridized carbons (Fsp3) is 0.500. The van der Waals surface area contributed by atoms with Crippen molar-refractivity contribution in [2.45, 2.75) is 39.3 Å². The van der Waals surface area contributed by atoms with Crippen LogP contribution in [0.5, 0.6) is 0 Å². The highest BCUT2D eigenvalue weighted by Gasteiger charge is 2.27. The highest BCUT2D eigenvalue weighted by atomic mass is 35.5. The van der Waals surface area contributed by atoms with Crippen LogP contribution in [-0.4, -0.2) is 29.0 Å². The van der Waals surface area contributed by atoms with Crippen molar-refractivity contribution in [3.05, 3.63) is 45.0 Å². The first-order valence-electron chi connectivity index (χ1n) is 7.63. The fourth-order valence-corrected chi connectivity index (χ4v) is 2.89. The lowest BCUT2D eigenvalue weighted by molar-refractivity contribution is -0.384. The van der Waals surface area contributed by atoms with Gasteiger partial charge in [-0.15, -0.1) is 0 Å². The zero-order valence-corrected chi connectivity index (χ0v) is 13.8. The Balaban J connectivity index is 2.25. The molecule has 0 bridgehead atoms. The predicted octanol–water partition coefficient (Wildman–Crippen LogP) is 4.22. The summed E-state index contributed by atoms with van der Waals surface area (Å²) in [6, 6.07) is 3.38. The number of nitrogens with one attached hydrogen (secondary N) is 1. The van der Waals surface area contributed by atoms with Gasteiger partial charge in [0.15, 0.2) is 0 Å². The van der Waals surface area contributed by atoms with Gasteiger partial charge in [-0.05, 0) is 25.8 Å². The maximum Gasteiger partial charge on any atom is 0.292 e. The maximum atomic E-state index is 11.2. The molecule has 0 aliphatic carbocycles. The summed E-state index contributed by atoms with van der Waals surface area (Å²) < 4.78 is 0. The van der Waals surface area contributed by atoms with Gasteiger partial charge in [0.25, 0.3) is 5.69 Å². The van der Waals surface area contributed by atoms with E-state index in [9.17, 15) is 10.1 Å². The number of hydrogen-bond donors (Lipinski definition) is 1. The second kappa shape index (κ2) is 7.61. The molecule has 0 fully saturated rings. The molecule has 2 rings (SSSR count). The van der Waals surface area contributed by atoms with Crippen LogP contribution in [0.25, 0.3) is 0 Å². The van der Waals surface area contributed by atoms with E-state index in [2.05, 4.69) is 36.2 Å². The molecule has 1 atom stereocenters. The largest absolute Gasteiger partial charge is 0.378 e. The van der Waals surface area contributed by atoms with Gasteiger partial charge in [0.05, 0.1) is 4.92 Å². The summed E-state index contributed by atoms with van der Waals surface area (Å²) in [7, 11) is 0. The van der Waals surface area contributed by atoms with Crippen molar-refractivity contribution >= 4 is 23.0 Å². The minimum absolute atomic E-state index is 0.0966.